The summed E-state index contributed by atoms with van der Waals surface area (Å²) in [6.07, 6.45) is 3.41. The number of nitriles is 1. The zero-order valence-corrected chi connectivity index (χ0v) is 21.9. The molecule has 1 aromatic heterocycles. The Morgan fingerprint density at radius 1 is 1.33 bits per heavy atom. The lowest BCUT2D eigenvalue weighted by Crippen LogP contribution is -2.55. The molecule has 2 heterocycles. The number of hydrogen-bond donors (Lipinski definition) is 0. The third-order valence-corrected chi connectivity index (χ3v) is 6.92. The van der Waals surface area contributed by atoms with Crippen molar-refractivity contribution in [1.29, 1.82) is 5.26 Å². The van der Waals surface area contributed by atoms with Crippen molar-refractivity contribution in [1.82, 2.24) is 14.9 Å². The van der Waals surface area contributed by atoms with Crippen molar-refractivity contribution in [3.63, 3.8) is 0 Å². The molecule has 3 rings (SSSR count). The van der Waals surface area contributed by atoms with Crippen LogP contribution in [0.25, 0.3) is 0 Å². The molecular weight excluding hydrogens is 481 g/mol. The zero-order chi connectivity index (χ0) is 26.2. The molecule has 0 radical (unpaired) electrons. The van der Waals surface area contributed by atoms with Gasteiger partial charge in [-0.3, -0.25) is 4.79 Å². The van der Waals surface area contributed by atoms with Gasteiger partial charge in [0.2, 0.25) is 0 Å². The highest BCUT2D eigenvalue weighted by Gasteiger charge is 2.34. The monoisotopic (exact) mass is 513 g/mol. The Morgan fingerprint density at radius 3 is 2.72 bits per heavy atom. The standard InChI is InChI=1S/C27H33ClFN5O2/c1-5-8-22-24(18(2)11-12-20-9-6-7-10-23(20)28)31-27(36-4)32-25(22)33-15-16-34(26(35)19(3)29)21(17-33)13-14-30/h6-7,9-10,18,21H,3,5,8,11-13,15-17H2,1-2,4H3/t18-,21?/m1/s1. The Kier molecular flexibility index (Phi) is 9.65. The van der Waals surface area contributed by atoms with E-state index in [9.17, 15) is 14.4 Å². The molecule has 0 N–H and O–H groups in total. The number of aryl methyl sites for hydroxylation is 1. The maximum absolute atomic E-state index is 13.6. The van der Waals surface area contributed by atoms with Crippen LogP contribution in [0.2, 0.25) is 5.02 Å². The number of carbonyl (C=O) groups excluding carboxylic acids is 1. The summed E-state index contributed by atoms with van der Waals surface area (Å²) in [5.41, 5.74) is 3.06. The highest BCUT2D eigenvalue weighted by atomic mass is 35.5. The number of ether oxygens (including phenoxy) is 1. The van der Waals surface area contributed by atoms with Gasteiger partial charge in [-0.15, -0.1) is 0 Å². The number of rotatable bonds is 10. The molecule has 0 spiro atoms. The van der Waals surface area contributed by atoms with Gasteiger partial charge in [-0.2, -0.15) is 15.2 Å². The molecule has 1 aliphatic rings. The first-order valence-corrected chi connectivity index (χ1v) is 12.6. The Bertz CT molecular complexity index is 1140. The van der Waals surface area contributed by atoms with Gasteiger partial charge < -0.3 is 14.5 Å². The van der Waals surface area contributed by atoms with E-state index in [4.69, 9.17) is 26.3 Å². The maximum Gasteiger partial charge on any atom is 0.318 e. The summed E-state index contributed by atoms with van der Waals surface area (Å²) < 4.78 is 19.1. The molecule has 1 amide bonds. The van der Waals surface area contributed by atoms with Gasteiger partial charge in [0.1, 0.15) is 5.82 Å². The van der Waals surface area contributed by atoms with E-state index in [1.165, 1.54) is 4.90 Å². The molecule has 192 valence electrons. The van der Waals surface area contributed by atoms with E-state index in [2.05, 4.69) is 31.4 Å². The smallest absolute Gasteiger partial charge is 0.318 e. The molecule has 1 aliphatic heterocycles. The van der Waals surface area contributed by atoms with Crippen molar-refractivity contribution in [2.45, 2.75) is 57.9 Å². The minimum Gasteiger partial charge on any atom is -0.467 e. The maximum atomic E-state index is 13.6. The van der Waals surface area contributed by atoms with E-state index in [1.54, 1.807) is 7.11 Å². The number of halogens is 2. The van der Waals surface area contributed by atoms with Crippen LogP contribution in [0, 0.1) is 11.3 Å². The summed E-state index contributed by atoms with van der Waals surface area (Å²) in [5, 5.41) is 10.1. The van der Waals surface area contributed by atoms with Gasteiger partial charge in [-0.1, -0.05) is 56.6 Å². The van der Waals surface area contributed by atoms with Crippen LogP contribution in [0.1, 0.15) is 55.8 Å². The first-order valence-electron chi connectivity index (χ1n) is 12.3. The fourth-order valence-corrected chi connectivity index (χ4v) is 4.91. The third kappa shape index (κ3) is 6.33. The van der Waals surface area contributed by atoms with Crippen LogP contribution in [-0.2, 0) is 17.6 Å². The molecule has 9 heteroatoms. The predicted molar refractivity (Wildman–Crippen MR) is 139 cm³/mol. The Morgan fingerprint density at radius 2 is 2.08 bits per heavy atom. The zero-order valence-electron chi connectivity index (χ0n) is 21.1. The third-order valence-electron chi connectivity index (χ3n) is 6.55. The number of carbonyl (C=O) groups is 1. The van der Waals surface area contributed by atoms with Crippen LogP contribution in [0.15, 0.2) is 36.7 Å². The lowest BCUT2D eigenvalue weighted by Gasteiger charge is -2.41. The fourth-order valence-electron chi connectivity index (χ4n) is 4.68. The van der Waals surface area contributed by atoms with Gasteiger partial charge in [0.15, 0.2) is 5.83 Å². The number of amides is 1. The summed E-state index contributed by atoms with van der Waals surface area (Å²) in [7, 11) is 1.54. The van der Waals surface area contributed by atoms with Crippen LogP contribution in [-0.4, -0.2) is 53.6 Å². The first kappa shape index (κ1) is 27.4. The van der Waals surface area contributed by atoms with E-state index < -0.39 is 17.8 Å². The number of benzene rings is 1. The molecular formula is C27H33ClFN5O2. The van der Waals surface area contributed by atoms with E-state index in [-0.39, 0.29) is 24.9 Å². The fraction of sp³-hybridized carbons (Fsp3) is 0.481. The second-order valence-corrected chi connectivity index (χ2v) is 9.45. The van der Waals surface area contributed by atoms with Crippen LogP contribution in [0.3, 0.4) is 0 Å². The number of piperazine rings is 1. The molecule has 0 aliphatic carbocycles. The molecule has 0 bridgehead atoms. The Balaban J connectivity index is 1.93. The Hall–Kier alpha value is -3.18. The van der Waals surface area contributed by atoms with Crippen LogP contribution in [0.4, 0.5) is 10.2 Å². The van der Waals surface area contributed by atoms with Gasteiger partial charge in [-0.05, 0) is 36.8 Å². The van der Waals surface area contributed by atoms with Crippen LogP contribution in [0.5, 0.6) is 6.01 Å². The molecule has 1 unspecified atom stereocenters. The number of methoxy groups -OCH3 is 1. The van der Waals surface area contributed by atoms with E-state index in [0.29, 0.717) is 13.1 Å². The molecule has 2 atom stereocenters. The lowest BCUT2D eigenvalue weighted by atomic mass is 9.93. The van der Waals surface area contributed by atoms with Crippen LogP contribution >= 0.6 is 11.6 Å². The van der Waals surface area contributed by atoms with Crippen LogP contribution < -0.4 is 9.64 Å². The first-order chi connectivity index (χ1) is 17.3. The summed E-state index contributed by atoms with van der Waals surface area (Å²) >= 11 is 6.37. The van der Waals surface area contributed by atoms with Crippen molar-refractivity contribution in [2.24, 2.45) is 0 Å². The summed E-state index contributed by atoms with van der Waals surface area (Å²) in [4.78, 5) is 25.2. The molecule has 0 saturated carbocycles. The minimum absolute atomic E-state index is 0.0853. The largest absolute Gasteiger partial charge is 0.467 e. The number of nitrogens with zero attached hydrogens (tertiary/aromatic N) is 5. The SMILES string of the molecule is C=C(F)C(=O)N1CCN(c2nc(OC)nc([C@H](C)CCc3ccccc3Cl)c2CCC)CC1CC#N. The normalized spacial score (nSPS) is 16.4. The van der Waals surface area contributed by atoms with Crippen molar-refractivity contribution in [2.75, 3.05) is 31.6 Å². The lowest BCUT2D eigenvalue weighted by molar-refractivity contribution is -0.131. The molecule has 2 aromatic rings. The summed E-state index contributed by atoms with van der Waals surface area (Å²) in [6, 6.07) is 9.77. The van der Waals surface area contributed by atoms with E-state index in [1.807, 2.05) is 24.3 Å². The minimum atomic E-state index is -1.02. The molecule has 7 nitrogen and oxygen atoms in total. The molecule has 36 heavy (non-hydrogen) atoms. The van der Waals surface area contributed by atoms with Gasteiger partial charge in [0, 0.05) is 30.2 Å². The van der Waals surface area contributed by atoms with Gasteiger partial charge >= 0.3 is 6.01 Å². The predicted octanol–water partition coefficient (Wildman–Crippen LogP) is 5.24. The molecule has 1 fully saturated rings. The summed E-state index contributed by atoms with van der Waals surface area (Å²) in [5.74, 6) is -0.919. The summed E-state index contributed by atoms with van der Waals surface area (Å²) in [6.45, 7) is 8.46. The number of anilines is 1. The second-order valence-electron chi connectivity index (χ2n) is 9.04. The highest BCUT2D eigenvalue weighted by Crippen LogP contribution is 2.33. The molecule has 1 saturated heterocycles. The quantitative estimate of drug-likeness (QED) is 0.404. The average Bonchev–Trinajstić information content (AvgIpc) is 2.88. The average molecular weight is 514 g/mol. The number of aromatic nitrogens is 2. The molecule has 1 aromatic carbocycles. The van der Waals surface area contributed by atoms with Crippen molar-refractivity contribution >= 4 is 23.3 Å². The van der Waals surface area contributed by atoms with Crippen molar-refractivity contribution < 1.29 is 13.9 Å². The number of hydrogen-bond acceptors (Lipinski definition) is 6. The Labute approximate surface area is 217 Å². The van der Waals surface area contributed by atoms with Gasteiger partial charge in [-0.25, -0.2) is 4.39 Å². The topological polar surface area (TPSA) is 82.3 Å². The van der Waals surface area contributed by atoms with Gasteiger partial charge in [0.05, 0.1) is 31.3 Å². The highest BCUT2D eigenvalue weighted by molar-refractivity contribution is 6.31. The van der Waals surface area contributed by atoms with Crippen molar-refractivity contribution in [3.8, 4) is 12.1 Å². The van der Waals surface area contributed by atoms with E-state index >= 15 is 0 Å². The van der Waals surface area contributed by atoms with E-state index in [0.717, 1.165) is 53.3 Å². The van der Waals surface area contributed by atoms with Crippen molar-refractivity contribution in [3.05, 3.63) is 58.5 Å². The second kappa shape index (κ2) is 12.7. The van der Waals surface area contributed by atoms with Gasteiger partial charge in [0.25, 0.3) is 5.91 Å².